The summed E-state index contributed by atoms with van der Waals surface area (Å²) >= 11 is 0. The molecule has 0 bridgehead atoms. The molecule has 2 rings (SSSR count). The van der Waals surface area contributed by atoms with Gasteiger partial charge in [0.15, 0.2) is 0 Å². The fourth-order valence-electron chi connectivity index (χ4n) is 2.08. The van der Waals surface area contributed by atoms with Gasteiger partial charge < -0.3 is 15.4 Å². The summed E-state index contributed by atoms with van der Waals surface area (Å²) in [6, 6.07) is 8.48. The highest BCUT2D eigenvalue weighted by Gasteiger charge is 2.16. The van der Waals surface area contributed by atoms with Crippen LogP contribution in [0, 0.1) is 0 Å². The van der Waals surface area contributed by atoms with Crippen LogP contribution < -0.4 is 15.4 Å². The fourth-order valence-corrected chi connectivity index (χ4v) is 2.08. The zero-order valence-electron chi connectivity index (χ0n) is 10.7. The molecule has 1 saturated heterocycles. The molecular formula is C14H20N2O2. The van der Waals surface area contributed by atoms with Crippen LogP contribution in [0.4, 0.5) is 0 Å². The van der Waals surface area contributed by atoms with Gasteiger partial charge in [0.25, 0.3) is 0 Å². The Labute approximate surface area is 108 Å². The Hall–Kier alpha value is -1.55. The van der Waals surface area contributed by atoms with Gasteiger partial charge >= 0.3 is 0 Å². The summed E-state index contributed by atoms with van der Waals surface area (Å²) < 4.78 is 5.47. The van der Waals surface area contributed by atoms with Crippen molar-refractivity contribution in [2.75, 3.05) is 13.2 Å². The maximum absolute atomic E-state index is 11.0. The summed E-state index contributed by atoms with van der Waals surface area (Å²) in [4.78, 5) is 11.0. The van der Waals surface area contributed by atoms with E-state index in [-0.39, 0.29) is 5.91 Å². The number of nitrogens with one attached hydrogen (secondary N) is 2. The van der Waals surface area contributed by atoms with Crippen LogP contribution in [0.15, 0.2) is 24.3 Å². The molecule has 4 nitrogen and oxygen atoms in total. The molecule has 1 unspecified atom stereocenters. The molecule has 18 heavy (non-hydrogen) atoms. The molecule has 2 N–H and O–H groups in total. The summed E-state index contributed by atoms with van der Waals surface area (Å²) in [7, 11) is 0. The number of carbonyl (C=O) groups excluding carboxylic acids is 1. The van der Waals surface area contributed by atoms with Crippen LogP contribution in [0.3, 0.4) is 0 Å². The predicted molar refractivity (Wildman–Crippen MR) is 70.5 cm³/mol. The van der Waals surface area contributed by atoms with Crippen LogP contribution in [0.25, 0.3) is 0 Å². The first-order valence-electron chi connectivity index (χ1n) is 6.49. The second-order valence-electron chi connectivity index (χ2n) is 4.50. The van der Waals surface area contributed by atoms with Crippen molar-refractivity contribution in [3.63, 3.8) is 0 Å². The van der Waals surface area contributed by atoms with E-state index in [0.717, 1.165) is 25.3 Å². The standard InChI is InChI=1S/C14H20N2O2/c1-2-18-13-5-3-4-11(8-13)9-15-12-6-7-14(17)16-10-12/h3-5,8,12,15H,2,6-7,9-10H2,1H3,(H,16,17). The van der Waals surface area contributed by atoms with Gasteiger partial charge in [-0.2, -0.15) is 0 Å². The minimum atomic E-state index is 0.159. The zero-order chi connectivity index (χ0) is 12.8. The molecule has 1 heterocycles. The third kappa shape index (κ3) is 3.74. The second kappa shape index (κ2) is 6.40. The Morgan fingerprint density at radius 1 is 1.50 bits per heavy atom. The van der Waals surface area contributed by atoms with Gasteiger partial charge in [-0.15, -0.1) is 0 Å². The number of amides is 1. The Balaban J connectivity index is 1.82. The minimum Gasteiger partial charge on any atom is -0.494 e. The first kappa shape index (κ1) is 12.9. The van der Waals surface area contributed by atoms with E-state index in [1.165, 1.54) is 5.56 Å². The van der Waals surface area contributed by atoms with Gasteiger partial charge in [-0.05, 0) is 31.0 Å². The van der Waals surface area contributed by atoms with Gasteiger partial charge in [0.1, 0.15) is 5.75 Å². The number of rotatable bonds is 5. The minimum absolute atomic E-state index is 0.159. The molecular weight excluding hydrogens is 228 g/mol. The van der Waals surface area contributed by atoms with E-state index in [4.69, 9.17) is 4.74 Å². The van der Waals surface area contributed by atoms with Crippen LogP contribution in [0.1, 0.15) is 25.3 Å². The number of hydrogen-bond donors (Lipinski definition) is 2. The van der Waals surface area contributed by atoms with Gasteiger partial charge in [0, 0.05) is 25.6 Å². The SMILES string of the molecule is CCOc1cccc(CNC2CCC(=O)NC2)c1. The molecule has 4 heteroatoms. The van der Waals surface area contributed by atoms with Gasteiger partial charge in [0.2, 0.25) is 5.91 Å². The second-order valence-corrected chi connectivity index (χ2v) is 4.50. The molecule has 0 aromatic heterocycles. The normalized spacial score (nSPS) is 19.4. The van der Waals surface area contributed by atoms with Crippen molar-refractivity contribution in [1.29, 1.82) is 0 Å². The molecule has 1 aromatic rings. The molecule has 0 spiro atoms. The first-order valence-corrected chi connectivity index (χ1v) is 6.49. The van der Waals surface area contributed by atoms with E-state index in [9.17, 15) is 4.79 Å². The van der Waals surface area contributed by atoms with Crippen LogP contribution in [0.5, 0.6) is 5.75 Å². The fraction of sp³-hybridized carbons (Fsp3) is 0.500. The lowest BCUT2D eigenvalue weighted by Crippen LogP contribution is -2.45. The van der Waals surface area contributed by atoms with Crippen LogP contribution in [0.2, 0.25) is 0 Å². The number of benzene rings is 1. The Bertz CT molecular complexity index is 397. The zero-order valence-corrected chi connectivity index (χ0v) is 10.7. The van der Waals surface area contributed by atoms with Crippen molar-refractivity contribution < 1.29 is 9.53 Å². The van der Waals surface area contributed by atoms with E-state index in [2.05, 4.69) is 22.8 Å². The largest absolute Gasteiger partial charge is 0.494 e. The average Bonchev–Trinajstić information content (AvgIpc) is 2.39. The number of hydrogen-bond acceptors (Lipinski definition) is 3. The Morgan fingerprint density at radius 3 is 3.11 bits per heavy atom. The van der Waals surface area contributed by atoms with Crippen molar-refractivity contribution in [3.8, 4) is 5.75 Å². The number of ether oxygens (including phenoxy) is 1. The molecule has 1 aliphatic heterocycles. The molecule has 0 radical (unpaired) electrons. The van der Waals surface area contributed by atoms with Crippen molar-refractivity contribution in [2.24, 2.45) is 0 Å². The van der Waals surface area contributed by atoms with E-state index in [1.54, 1.807) is 0 Å². The molecule has 0 saturated carbocycles. The lowest BCUT2D eigenvalue weighted by molar-refractivity contribution is -0.122. The van der Waals surface area contributed by atoms with Crippen LogP contribution in [-0.2, 0) is 11.3 Å². The van der Waals surface area contributed by atoms with E-state index in [1.807, 2.05) is 19.1 Å². The van der Waals surface area contributed by atoms with Gasteiger partial charge in [-0.1, -0.05) is 12.1 Å². The van der Waals surface area contributed by atoms with E-state index < -0.39 is 0 Å². The molecule has 98 valence electrons. The van der Waals surface area contributed by atoms with Crippen LogP contribution >= 0.6 is 0 Å². The highest BCUT2D eigenvalue weighted by Crippen LogP contribution is 2.13. The first-order chi connectivity index (χ1) is 8.78. The highest BCUT2D eigenvalue weighted by atomic mass is 16.5. The molecule has 1 aliphatic rings. The summed E-state index contributed by atoms with van der Waals surface area (Å²) in [6.07, 6.45) is 1.54. The topological polar surface area (TPSA) is 50.4 Å². The third-order valence-corrected chi connectivity index (χ3v) is 3.07. The number of piperidine rings is 1. The monoisotopic (exact) mass is 248 g/mol. The van der Waals surface area contributed by atoms with Crippen molar-refractivity contribution in [1.82, 2.24) is 10.6 Å². The summed E-state index contributed by atoms with van der Waals surface area (Å²) in [5.74, 6) is 1.07. The van der Waals surface area contributed by atoms with E-state index in [0.29, 0.717) is 19.1 Å². The smallest absolute Gasteiger partial charge is 0.220 e. The maximum atomic E-state index is 11.0. The molecule has 1 fully saturated rings. The molecule has 1 atom stereocenters. The maximum Gasteiger partial charge on any atom is 0.220 e. The average molecular weight is 248 g/mol. The molecule has 1 amide bonds. The van der Waals surface area contributed by atoms with Crippen molar-refractivity contribution in [2.45, 2.75) is 32.4 Å². The summed E-state index contributed by atoms with van der Waals surface area (Å²) in [5.41, 5.74) is 1.21. The Morgan fingerprint density at radius 2 is 2.39 bits per heavy atom. The highest BCUT2D eigenvalue weighted by molar-refractivity contribution is 5.76. The molecule has 0 aliphatic carbocycles. The van der Waals surface area contributed by atoms with Crippen LogP contribution in [-0.4, -0.2) is 25.1 Å². The quantitative estimate of drug-likeness (QED) is 0.829. The molecule has 1 aromatic carbocycles. The summed E-state index contributed by atoms with van der Waals surface area (Å²) in [5, 5.41) is 6.33. The number of carbonyl (C=O) groups is 1. The lowest BCUT2D eigenvalue weighted by atomic mass is 10.1. The van der Waals surface area contributed by atoms with Gasteiger partial charge in [-0.3, -0.25) is 4.79 Å². The lowest BCUT2D eigenvalue weighted by Gasteiger charge is -2.23. The van der Waals surface area contributed by atoms with E-state index >= 15 is 0 Å². The Kier molecular flexibility index (Phi) is 4.59. The van der Waals surface area contributed by atoms with Gasteiger partial charge in [0.05, 0.1) is 6.61 Å². The van der Waals surface area contributed by atoms with Crippen molar-refractivity contribution >= 4 is 5.91 Å². The van der Waals surface area contributed by atoms with Crippen molar-refractivity contribution in [3.05, 3.63) is 29.8 Å². The third-order valence-electron chi connectivity index (χ3n) is 3.07. The summed E-state index contributed by atoms with van der Waals surface area (Å²) in [6.45, 7) is 4.20. The van der Waals surface area contributed by atoms with Gasteiger partial charge in [-0.25, -0.2) is 0 Å². The predicted octanol–water partition coefficient (Wildman–Crippen LogP) is 1.45.